The first-order valence-electron chi connectivity index (χ1n) is 5.86. The zero-order valence-electron chi connectivity index (χ0n) is 9.77. The van der Waals surface area contributed by atoms with Crippen molar-refractivity contribution < 1.29 is 13.2 Å². The zero-order chi connectivity index (χ0) is 12.5. The zero-order valence-corrected chi connectivity index (χ0v) is 9.77. The SMILES string of the molecule is CCC1(Cc2cccc(C(F)(F)F)c2)CCN1. The van der Waals surface area contributed by atoms with E-state index in [1.807, 2.05) is 0 Å². The molecule has 0 spiro atoms. The van der Waals surface area contributed by atoms with Gasteiger partial charge in [0.05, 0.1) is 5.56 Å². The Labute approximate surface area is 99.0 Å². The Bertz CT molecular complexity index is 388. The molecule has 1 fully saturated rings. The Hall–Kier alpha value is -1.03. The fourth-order valence-corrected chi connectivity index (χ4v) is 2.30. The molecule has 17 heavy (non-hydrogen) atoms. The molecule has 1 aromatic carbocycles. The highest BCUT2D eigenvalue weighted by Gasteiger charge is 2.35. The van der Waals surface area contributed by atoms with Crippen LogP contribution in [0.5, 0.6) is 0 Å². The molecule has 0 aromatic heterocycles. The van der Waals surface area contributed by atoms with Gasteiger partial charge in [0, 0.05) is 5.54 Å². The summed E-state index contributed by atoms with van der Waals surface area (Å²) in [6.07, 6.45) is -1.58. The minimum atomic E-state index is -4.25. The summed E-state index contributed by atoms with van der Waals surface area (Å²) in [5.41, 5.74) is 0.221. The van der Waals surface area contributed by atoms with Crippen molar-refractivity contribution in [2.45, 2.75) is 37.9 Å². The smallest absolute Gasteiger partial charge is 0.311 e. The van der Waals surface area contributed by atoms with Gasteiger partial charge in [-0.1, -0.05) is 25.1 Å². The van der Waals surface area contributed by atoms with E-state index in [2.05, 4.69) is 12.2 Å². The average Bonchev–Trinajstić information content (AvgIpc) is 2.23. The van der Waals surface area contributed by atoms with E-state index < -0.39 is 11.7 Å². The molecule has 2 rings (SSSR count). The number of hydrogen-bond acceptors (Lipinski definition) is 1. The molecule has 1 aliphatic heterocycles. The third-order valence-electron chi connectivity index (χ3n) is 3.58. The average molecular weight is 243 g/mol. The molecular formula is C13H16F3N. The maximum Gasteiger partial charge on any atom is 0.416 e. The maximum atomic E-state index is 12.6. The molecule has 1 aliphatic rings. The van der Waals surface area contributed by atoms with Crippen LogP contribution in [0.4, 0.5) is 13.2 Å². The predicted octanol–water partition coefficient (Wildman–Crippen LogP) is 3.39. The van der Waals surface area contributed by atoms with Crippen LogP contribution in [0.25, 0.3) is 0 Å². The summed E-state index contributed by atoms with van der Waals surface area (Å²) >= 11 is 0. The first-order chi connectivity index (χ1) is 7.95. The number of alkyl halides is 3. The molecule has 0 saturated carbocycles. The topological polar surface area (TPSA) is 12.0 Å². The number of benzene rings is 1. The standard InChI is InChI=1S/C13H16F3N/c1-2-12(6-7-17-12)9-10-4-3-5-11(8-10)13(14,15)16/h3-5,8,17H,2,6-7,9H2,1H3. The van der Waals surface area contributed by atoms with Crippen molar-refractivity contribution in [2.75, 3.05) is 6.54 Å². The van der Waals surface area contributed by atoms with Crippen molar-refractivity contribution in [3.63, 3.8) is 0 Å². The molecule has 1 heterocycles. The van der Waals surface area contributed by atoms with Gasteiger partial charge in [-0.15, -0.1) is 0 Å². The Kier molecular flexibility index (Phi) is 3.17. The number of hydrogen-bond donors (Lipinski definition) is 1. The minimum Gasteiger partial charge on any atom is -0.311 e. The molecule has 0 aliphatic carbocycles. The molecule has 1 atom stereocenters. The van der Waals surface area contributed by atoms with Crippen molar-refractivity contribution in [1.29, 1.82) is 0 Å². The van der Waals surface area contributed by atoms with Crippen molar-refractivity contribution in [2.24, 2.45) is 0 Å². The summed E-state index contributed by atoms with van der Waals surface area (Å²) in [5, 5.41) is 3.33. The Morgan fingerprint density at radius 2 is 2.06 bits per heavy atom. The van der Waals surface area contributed by atoms with Crippen molar-refractivity contribution in [3.05, 3.63) is 35.4 Å². The van der Waals surface area contributed by atoms with Gasteiger partial charge in [0.1, 0.15) is 0 Å². The second-order valence-electron chi connectivity index (χ2n) is 4.69. The minimum absolute atomic E-state index is 0.0181. The lowest BCUT2D eigenvalue weighted by atomic mass is 9.79. The second-order valence-corrected chi connectivity index (χ2v) is 4.69. The molecule has 1 saturated heterocycles. The maximum absolute atomic E-state index is 12.6. The summed E-state index contributed by atoms with van der Waals surface area (Å²) < 4.78 is 37.7. The van der Waals surface area contributed by atoms with E-state index in [1.165, 1.54) is 12.1 Å². The fourth-order valence-electron chi connectivity index (χ4n) is 2.30. The van der Waals surface area contributed by atoms with E-state index in [0.717, 1.165) is 31.0 Å². The van der Waals surface area contributed by atoms with E-state index in [0.29, 0.717) is 6.42 Å². The molecule has 1 N–H and O–H groups in total. The summed E-state index contributed by atoms with van der Waals surface area (Å²) in [5.74, 6) is 0. The van der Waals surface area contributed by atoms with E-state index in [-0.39, 0.29) is 5.54 Å². The highest BCUT2D eigenvalue weighted by Crippen LogP contribution is 2.32. The van der Waals surface area contributed by atoms with Crippen molar-refractivity contribution >= 4 is 0 Å². The van der Waals surface area contributed by atoms with Gasteiger partial charge in [-0.2, -0.15) is 13.2 Å². The normalized spacial score (nSPS) is 24.5. The van der Waals surface area contributed by atoms with Crippen LogP contribution in [0.15, 0.2) is 24.3 Å². The van der Waals surface area contributed by atoms with Gasteiger partial charge < -0.3 is 5.32 Å². The van der Waals surface area contributed by atoms with Gasteiger partial charge in [-0.05, 0) is 37.4 Å². The fraction of sp³-hybridized carbons (Fsp3) is 0.538. The molecule has 1 aromatic rings. The number of rotatable bonds is 3. The quantitative estimate of drug-likeness (QED) is 0.858. The summed E-state index contributed by atoms with van der Waals surface area (Å²) in [7, 11) is 0. The predicted molar refractivity (Wildman–Crippen MR) is 60.8 cm³/mol. The molecule has 0 radical (unpaired) electrons. The molecular weight excluding hydrogens is 227 g/mol. The molecule has 1 unspecified atom stereocenters. The van der Waals surface area contributed by atoms with Crippen LogP contribution in [-0.2, 0) is 12.6 Å². The second kappa shape index (κ2) is 4.33. The third-order valence-corrected chi connectivity index (χ3v) is 3.58. The summed E-state index contributed by atoms with van der Waals surface area (Å²) in [6, 6.07) is 5.64. The highest BCUT2D eigenvalue weighted by molar-refractivity contribution is 5.27. The number of nitrogens with one attached hydrogen (secondary N) is 1. The molecule has 4 heteroatoms. The molecule has 0 bridgehead atoms. The Morgan fingerprint density at radius 1 is 1.35 bits per heavy atom. The molecule has 0 amide bonds. The lowest BCUT2D eigenvalue weighted by Crippen LogP contribution is -2.57. The summed E-state index contributed by atoms with van der Waals surface area (Å²) in [4.78, 5) is 0. The van der Waals surface area contributed by atoms with E-state index >= 15 is 0 Å². The summed E-state index contributed by atoms with van der Waals surface area (Å²) in [6.45, 7) is 3.03. The Balaban J connectivity index is 2.17. The highest BCUT2D eigenvalue weighted by atomic mass is 19.4. The van der Waals surface area contributed by atoms with Crippen LogP contribution in [0.3, 0.4) is 0 Å². The van der Waals surface area contributed by atoms with Crippen molar-refractivity contribution in [1.82, 2.24) is 5.32 Å². The Morgan fingerprint density at radius 3 is 2.53 bits per heavy atom. The van der Waals surface area contributed by atoms with Gasteiger partial charge in [-0.3, -0.25) is 0 Å². The van der Waals surface area contributed by atoms with Gasteiger partial charge in [0.15, 0.2) is 0 Å². The largest absolute Gasteiger partial charge is 0.416 e. The first-order valence-corrected chi connectivity index (χ1v) is 5.86. The third kappa shape index (κ3) is 2.63. The van der Waals surface area contributed by atoms with Gasteiger partial charge >= 0.3 is 6.18 Å². The van der Waals surface area contributed by atoms with Crippen LogP contribution >= 0.6 is 0 Å². The van der Waals surface area contributed by atoms with Crippen LogP contribution < -0.4 is 5.32 Å². The lowest BCUT2D eigenvalue weighted by molar-refractivity contribution is -0.137. The lowest BCUT2D eigenvalue weighted by Gasteiger charge is -2.43. The molecule has 1 nitrogen and oxygen atoms in total. The van der Waals surface area contributed by atoms with E-state index in [9.17, 15) is 13.2 Å². The van der Waals surface area contributed by atoms with Gasteiger partial charge in [0.2, 0.25) is 0 Å². The van der Waals surface area contributed by atoms with E-state index in [4.69, 9.17) is 0 Å². The van der Waals surface area contributed by atoms with Crippen LogP contribution in [0, 0.1) is 0 Å². The van der Waals surface area contributed by atoms with Crippen LogP contribution in [0.1, 0.15) is 30.9 Å². The first kappa shape index (κ1) is 12.4. The van der Waals surface area contributed by atoms with Crippen LogP contribution in [-0.4, -0.2) is 12.1 Å². The van der Waals surface area contributed by atoms with Crippen molar-refractivity contribution in [3.8, 4) is 0 Å². The monoisotopic (exact) mass is 243 g/mol. The van der Waals surface area contributed by atoms with E-state index in [1.54, 1.807) is 6.07 Å². The molecule has 94 valence electrons. The van der Waals surface area contributed by atoms with Gasteiger partial charge in [-0.25, -0.2) is 0 Å². The number of halogens is 3. The van der Waals surface area contributed by atoms with Gasteiger partial charge in [0.25, 0.3) is 0 Å². The van der Waals surface area contributed by atoms with Crippen LogP contribution in [0.2, 0.25) is 0 Å².